The Kier molecular flexibility index (Phi) is 4.83. The van der Waals surface area contributed by atoms with Gasteiger partial charge in [0.15, 0.2) is 0 Å². The van der Waals surface area contributed by atoms with Crippen molar-refractivity contribution in [3.63, 3.8) is 0 Å². The first-order chi connectivity index (χ1) is 11.1. The highest BCUT2D eigenvalue weighted by Crippen LogP contribution is 2.28. The van der Waals surface area contributed by atoms with Crippen molar-refractivity contribution < 1.29 is 19.4 Å². The Morgan fingerprint density at radius 1 is 1.17 bits per heavy atom. The Hall–Kier alpha value is -2.05. The molecule has 0 radical (unpaired) electrons. The predicted octanol–water partition coefficient (Wildman–Crippen LogP) is 0.924. The van der Waals surface area contributed by atoms with Crippen LogP contribution in [0.15, 0.2) is 30.0 Å². The Morgan fingerprint density at radius 3 is 2.57 bits per heavy atom. The van der Waals surface area contributed by atoms with E-state index in [4.69, 9.17) is 9.47 Å². The molecule has 1 aromatic rings. The number of hydrogen-bond acceptors (Lipinski definition) is 6. The van der Waals surface area contributed by atoms with Crippen LogP contribution in [0.2, 0.25) is 0 Å². The molecule has 0 saturated carbocycles. The average Bonchev–Trinajstić information content (AvgIpc) is 2.91. The molecule has 23 heavy (non-hydrogen) atoms. The highest BCUT2D eigenvalue weighted by Gasteiger charge is 2.28. The number of hydrogen-bond donors (Lipinski definition) is 1. The van der Waals surface area contributed by atoms with E-state index in [1.807, 2.05) is 0 Å². The first-order valence-corrected chi connectivity index (χ1v) is 7.87. The molecular formula is C17H22N2O4. The zero-order valence-electron chi connectivity index (χ0n) is 13.3. The fourth-order valence-electron chi connectivity index (χ4n) is 2.78. The topological polar surface area (TPSA) is 62.2 Å². The van der Waals surface area contributed by atoms with Gasteiger partial charge in [0.1, 0.15) is 30.3 Å². The Morgan fingerprint density at radius 2 is 1.87 bits per heavy atom. The van der Waals surface area contributed by atoms with Gasteiger partial charge in [-0.25, -0.2) is 4.79 Å². The van der Waals surface area contributed by atoms with Crippen molar-refractivity contribution in [2.75, 3.05) is 53.0 Å². The summed E-state index contributed by atoms with van der Waals surface area (Å²) in [4.78, 5) is 16.6. The van der Waals surface area contributed by atoms with E-state index in [0.29, 0.717) is 23.5 Å². The monoisotopic (exact) mass is 318 g/mol. The number of benzene rings is 1. The second-order valence-corrected chi connectivity index (χ2v) is 5.91. The molecule has 124 valence electrons. The number of phenols is 1. The van der Waals surface area contributed by atoms with Crippen LogP contribution in [-0.4, -0.2) is 73.9 Å². The van der Waals surface area contributed by atoms with Gasteiger partial charge < -0.3 is 19.5 Å². The number of piperazine rings is 1. The summed E-state index contributed by atoms with van der Waals surface area (Å²) in [5, 5.41) is 9.36. The fraction of sp³-hybridized carbons (Fsp3) is 0.471. The molecule has 2 heterocycles. The van der Waals surface area contributed by atoms with E-state index in [-0.39, 0.29) is 18.3 Å². The summed E-state index contributed by atoms with van der Waals surface area (Å²) in [6.07, 6.45) is 0. The zero-order chi connectivity index (χ0) is 16.2. The van der Waals surface area contributed by atoms with Gasteiger partial charge >= 0.3 is 5.97 Å². The van der Waals surface area contributed by atoms with Crippen LogP contribution in [0.5, 0.6) is 5.75 Å². The van der Waals surface area contributed by atoms with Gasteiger partial charge in [-0.2, -0.15) is 0 Å². The van der Waals surface area contributed by atoms with Crippen LogP contribution < -0.4 is 0 Å². The lowest BCUT2D eigenvalue weighted by Gasteiger charge is -2.32. The van der Waals surface area contributed by atoms with Gasteiger partial charge in [-0.15, -0.1) is 0 Å². The highest BCUT2D eigenvalue weighted by molar-refractivity contribution is 6.18. The summed E-state index contributed by atoms with van der Waals surface area (Å²) in [6.45, 7) is 5.79. The molecule has 3 rings (SSSR count). The molecule has 1 saturated heterocycles. The minimum atomic E-state index is -0.370. The van der Waals surface area contributed by atoms with E-state index in [1.54, 1.807) is 24.3 Å². The summed E-state index contributed by atoms with van der Waals surface area (Å²) < 4.78 is 10.9. The number of carbonyl (C=O) groups is 1. The maximum absolute atomic E-state index is 11.9. The molecule has 0 bridgehead atoms. The number of phenolic OH excluding ortho intramolecular Hbond substituents is 1. The lowest BCUT2D eigenvalue weighted by Crippen LogP contribution is -2.45. The third-order valence-corrected chi connectivity index (χ3v) is 4.25. The fourth-order valence-corrected chi connectivity index (χ4v) is 2.78. The van der Waals surface area contributed by atoms with Crippen LogP contribution in [0, 0.1) is 0 Å². The number of likely N-dealkylation sites (N-methyl/N-ethyl adjacent to an activating group) is 1. The van der Waals surface area contributed by atoms with E-state index in [1.165, 1.54) is 0 Å². The second kappa shape index (κ2) is 7.02. The third-order valence-electron chi connectivity index (χ3n) is 4.25. The quantitative estimate of drug-likeness (QED) is 0.815. The molecule has 2 aliphatic rings. The number of ether oxygens (including phenoxy) is 2. The van der Waals surface area contributed by atoms with E-state index < -0.39 is 0 Å². The lowest BCUT2D eigenvalue weighted by molar-refractivity contribution is -0.134. The van der Waals surface area contributed by atoms with E-state index in [2.05, 4.69) is 16.8 Å². The Balaban J connectivity index is 1.60. The molecule has 1 aromatic carbocycles. The molecule has 0 aromatic heterocycles. The number of nitrogens with zero attached hydrogens (tertiary/aromatic N) is 2. The number of carbonyl (C=O) groups excluding carboxylic acids is 1. The zero-order valence-corrected chi connectivity index (χ0v) is 13.3. The van der Waals surface area contributed by atoms with Crippen molar-refractivity contribution in [3.8, 4) is 5.75 Å². The predicted molar refractivity (Wildman–Crippen MR) is 85.9 cm³/mol. The molecule has 0 spiro atoms. The van der Waals surface area contributed by atoms with Crippen LogP contribution in [-0.2, 0) is 14.3 Å². The summed E-state index contributed by atoms with van der Waals surface area (Å²) in [5.74, 6) is 0.373. The molecule has 6 nitrogen and oxygen atoms in total. The minimum Gasteiger partial charge on any atom is -0.508 e. The summed E-state index contributed by atoms with van der Waals surface area (Å²) in [5.41, 5.74) is 1.17. The molecule has 2 aliphatic heterocycles. The number of cyclic esters (lactones) is 1. The first kappa shape index (κ1) is 15.8. The molecule has 6 heteroatoms. The molecule has 0 aliphatic carbocycles. The van der Waals surface area contributed by atoms with Crippen molar-refractivity contribution >= 4 is 11.5 Å². The van der Waals surface area contributed by atoms with Crippen LogP contribution in [0.1, 0.15) is 5.56 Å². The SMILES string of the molecule is CN1CCN(CCOC2=C(c3ccc(O)cc3)C(=O)OC2)CC1. The van der Waals surface area contributed by atoms with Crippen LogP contribution in [0.4, 0.5) is 0 Å². The standard InChI is InChI=1S/C17H22N2O4/c1-18-6-8-19(9-7-18)10-11-22-15-12-23-17(21)16(15)13-2-4-14(20)5-3-13/h2-5,20H,6-12H2,1H3. The van der Waals surface area contributed by atoms with Crippen molar-refractivity contribution in [2.24, 2.45) is 0 Å². The number of esters is 1. The average molecular weight is 318 g/mol. The van der Waals surface area contributed by atoms with Gasteiger partial charge in [-0.1, -0.05) is 12.1 Å². The van der Waals surface area contributed by atoms with Crippen LogP contribution in [0.3, 0.4) is 0 Å². The van der Waals surface area contributed by atoms with Gasteiger partial charge in [-0.05, 0) is 24.7 Å². The van der Waals surface area contributed by atoms with Crippen molar-refractivity contribution in [1.82, 2.24) is 9.80 Å². The van der Waals surface area contributed by atoms with Crippen molar-refractivity contribution in [1.29, 1.82) is 0 Å². The molecule has 1 N–H and O–H groups in total. The van der Waals surface area contributed by atoms with E-state index in [9.17, 15) is 9.90 Å². The molecule has 1 fully saturated rings. The smallest absolute Gasteiger partial charge is 0.342 e. The summed E-state index contributed by atoms with van der Waals surface area (Å²) in [7, 11) is 2.13. The Labute approximate surface area is 135 Å². The second-order valence-electron chi connectivity index (χ2n) is 5.91. The van der Waals surface area contributed by atoms with Crippen LogP contribution in [0.25, 0.3) is 5.57 Å². The van der Waals surface area contributed by atoms with Gasteiger partial charge in [0.05, 0.1) is 0 Å². The van der Waals surface area contributed by atoms with E-state index >= 15 is 0 Å². The molecule has 0 unspecified atom stereocenters. The van der Waals surface area contributed by atoms with E-state index in [0.717, 1.165) is 32.7 Å². The van der Waals surface area contributed by atoms with Crippen molar-refractivity contribution in [3.05, 3.63) is 35.6 Å². The van der Waals surface area contributed by atoms with Crippen LogP contribution >= 0.6 is 0 Å². The molecule has 0 atom stereocenters. The van der Waals surface area contributed by atoms with Gasteiger partial charge in [0.25, 0.3) is 0 Å². The minimum absolute atomic E-state index is 0.165. The van der Waals surface area contributed by atoms with Crippen molar-refractivity contribution in [2.45, 2.75) is 0 Å². The first-order valence-electron chi connectivity index (χ1n) is 7.87. The lowest BCUT2D eigenvalue weighted by atomic mass is 10.1. The summed E-state index contributed by atoms with van der Waals surface area (Å²) >= 11 is 0. The number of rotatable bonds is 5. The maximum Gasteiger partial charge on any atom is 0.342 e. The maximum atomic E-state index is 11.9. The third kappa shape index (κ3) is 3.83. The van der Waals surface area contributed by atoms with Gasteiger partial charge in [-0.3, -0.25) is 4.90 Å². The van der Waals surface area contributed by atoms with Gasteiger partial charge in [0, 0.05) is 32.7 Å². The normalized spacial score (nSPS) is 20.0. The largest absolute Gasteiger partial charge is 0.508 e. The Bertz CT molecular complexity index is 589. The number of aromatic hydroxyl groups is 1. The highest BCUT2D eigenvalue weighted by atomic mass is 16.6. The summed E-state index contributed by atoms with van der Waals surface area (Å²) in [6, 6.07) is 6.49. The molecular weight excluding hydrogens is 296 g/mol. The molecule has 0 amide bonds. The van der Waals surface area contributed by atoms with Gasteiger partial charge in [0.2, 0.25) is 0 Å².